The molecule has 8 heteroatoms. The van der Waals surface area contributed by atoms with E-state index in [0.717, 1.165) is 0 Å². The number of benzene rings is 1. The third kappa shape index (κ3) is 3.96. The monoisotopic (exact) mass is 351 g/mol. The molecule has 0 amide bonds. The van der Waals surface area contributed by atoms with Gasteiger partial charge in [-0.1, -0.05) is 0 Å². The van der Waals surface area contributed by atoms with E-state index < -0.39 is 23.4 Å². The number of nitrogens with zero attached hydrogens (tertiary/aromatic N) is 1. The SMILES string of the molecule is CCOC(=O)c1cn(CCOC(=O)OC)c2cc(F)c(C)cc2c1=O. The molecule has 0 bridgehead atoms. The Hall–Kier alpha value is -2.90. The lowest BCUT2D eigenvalue weighted by Crippen LogP contribution is -2.22. The quantitative estimate of drug-likeness (QED) is 0.769. The van der Waals surface area contributed by atoms with Crippen molar-refractivity contribution in [1.82, 2.24) is 4.57 Å². The van der Waals surface area contributed by atoms with Gasteiger partial charge in [-0.2, -0.15) is 0 Å². The molecule has 134 valence electrons. The number of aryl methyl sites for hydroxylation is 1. The molecule has 7 nitrogen and oxygen atoms in total. The molecule has 0 aliphatic heterocycles. The molecule has 0 saturated carbocycles. The molecular weight excluding hydrogens is 333 g/mol. The number of aromatic nitrogens is 1. The van der Waals surface area contributed by atoms with Crippen LogP contribution < -0.4 is 5.43 Å². The maximum Gasteiger partial charge on any atom is 0.508 e. The molecular formula is C17H18FNO6. The maximum atomic E-state index is 13.9. The number of carbonyl (C=O) groups is 2. The molecule has 25 heavy (non-hydrogen) atoms. The van der Waals surface area contributed by atoms with Crippen molar-refractivity contribution in [2.75, 3.05) is 20.3 Å². The summed E-state index contributed by atoms with van der Waals surface area (Å²) >= 11 is 0. The van der Waals surface area contributed by atoms with E-state index >= 15 is 0 Å². The van der Waals surface area contributed by atoms with Gasteiger partial charge in [0.2, 0.25) is 5.43 Å². The summed E-state index contributed by atoms with van der Waals surface area (Å²) in [5, 5.41) is 0.183. The predicted molar refractivity (Wildman–Crippen MR) is 87.2 cm³/mol. The molecule has 1 heterocycles. The molecule has 2 rings (SSSR count). The van der Waals surface area contributed by atoms with E-state index in [1.54, 1.807) is 6.92 Å². The van der Waals surface area contributed by atoms with Crippen LogP contribution in [0.2, 0.25) is 0 Å². The van der Waals surface area contributed by atoms with Crippen molar-refractivity contribution in [1.29, 1.82) is 0 Å². The fourth-order valence-electron chi connectivity index (χ4n) is 2.35. The van der Waals surface area contributed by atoms with E-state index in [-0.39, 0.29) is 41.8 Å². The second kappa shape index (κ2) is 7.78. The average molecular weight is 351 g/mol. The summed E-state index contributed by atoms with van der Waals surface area (Å²) in [6, 6.07) is 2.59. The van der Waals surface area contributed by atoms with Crippen LogP contribution >= 0.6 is 0 Å². The van der Waals surface area contributed by atoms with Gasteiger partial charge < -0.3 is 18.8 Å². The number of carbonyl (C=O) groups excluding carboxylic acids is 2. The van der Waals surface area contributed by atoms with E-state index in [1.807, 2.05) is 0 Å². The molecule has 0 aliphatic rings. The summed E-state index contributed by atoms with van der Waals surface area (Å²) in [4.78, 5) is 35.6. The van der Waals surface area contributed by atoms with Crippen molar-refractivity contribution < 1.29 is 28.2 Å². The molecule has 0 unspecified atom stereocenters. The summed E-state index contributed by atoms with van der Waals surface area (Å²) in [7, 11) is 1.17. The van der Waals surface area contributed by atoms with E-state index in [1.165, 1.54) is 36.9 Å². The van der Waals surface area contributed by atoms with Crippen LogP contribution in [-0.4, -0.2) is 37.0 Å². The smallest absolute Gasteiger partial charge is 0.462 e. The first-order valence-electron chi connectivity index (χ1n) is 7.60. The lowest BCUT2D eigenvalue weighted by atomic mass is 10.1. The Bertz CT molecular complexity index is 874. The molecule has 0 N–H and O–H groups in total. The second-order valence-corrected chi connectivity index (χ2v) is 5.21. The Balaban J connectivity index is 2.54. The van der Waals surface area contributed by atoms with Gasteiger partial charge in [-0.05, 0) is 31.5 Å². The van der Waals surface area contributed by atoms with Crippen molar-refractivity contribution >= 4 is 23.0 Å². The van der Waals surface area contributed by atoms with Crippen LogP contribution in [0.25, 0.3) is 10.9 Å². The molecule has 2 aromatic rings. The number of fused-ring (bicyclic) bond motifs is 1. The normalized spacial score (nSPS) is 10.6. The lowest BCUT2D eigenvalue weighted by molar-refractivity contribution is 0.0522. The Morgan fingerprint density at radius 1 is 1.24 bits per heavy atom. The highest BCUT2D eigenvalue weighted by Crippen LogP contribution is 2.18. The van der Waals surface area contributed by atoms with Crippen LogP contribution in [-0.2, 0) is 20.8 Å². The molecule has 0 atom stereocenters. The van der Waals surface area contributed by atoms with Gasteiger partial charge in [-0.25, -0.2) is 14.0 Å². The lowest BCUT2D eigenvalue weighted by Gasteiger charge is -2.14. The van der Waals surface area contributed by atoms with Crippen LogP contribution in [0.5, 0.6) is 0 Å². The first-order chi connectivity index (χ1) is 11.9. The molecule has 0 aliphatic carbocycles. The third-order valence-corrected chi connectivity index (χ3v) is 3.57. The van der Waals surface area contributed by atoms with Gasteiger partial charge in [0, 0.05) is 11.6 Å². The predicted octanol–water partition coefficient (Wildman–Crippen LogP) is 2.41. The van der Waals surface area contributed by atoms with E-state index in [9.17, 15) is 18.8 Å². The highest BCUT2D eigenvalue weighted by molar-refractivity contribution is 5.94. The summed E-state index contributed by atoms with van der Waals surface area (Å²) in [6.45, 7) is 3.28. The largest absolute Gasteiger partial charge is 0.508 e. The van der Waals surface area contributed by atoms with Crippen LogP contribution in [0.4, 0.5) is 9.18 Å². The van der Waals surface area contributed by atoms with Crippen LogP contribution in [0.15, 0.2) is 23.1 Å². The van der Waals surface area contributed by atoms with Crippen molar-refractivity contribution in [2.24, 2.45) is 0 Å². The Morgan fingerprint density at radius 2 is 1.96 bits per heavy atom. The van der Waals surface area contributed by atoms with Crippen molar-refractivity contribution in [3.8, 4) is 0 Å². The van der Waals surface area contributed by atoms with E-state index in [2.05, 4.69) is 4.74 Å². The number of hydrogen-bond acceptors (Lipinski definition) is 6. The Kier molecular flexibility index (Phi) is 5.74. The number of methoxy groups -OCH3 is 1. The first-order valence-corrected chi connectivity index (χ1v) is 7.60. The Labute approximate surface area is 142 Å². The van der Waals surface area contributed by atoms with Crippen LogP contribution in [0.3, 0.4) is 0 Å². The van der Waals surface area contributed by atoms with Gasteiger partial charge in [-0.15, -0.1) is 0 Å². The van der Waals surface area contributed by atoms with Crippen LogP contribution in [0, 0.1) is 12.7 Å². The number of esters is 1. The zero-order valence-electron chi connectivity index (χ0n) is 14.1. The highest BCUT2D eigenvalue weighted by Gasteiger charge is 2.18. The number of ether oxygens (including phenoxy) is 3. The van der Waals surface area contributed by atoms with E-state index in [0.29, 0.717) is 0 Å². The minimum atomic E-state index is -0.863. The zero-order chi connectivity index (χ0) is 18.6. The summed E-state index contributed by atoms with van der Waals surface area (Å²) in [6.07, 6.45) is 0.413. The summed E-state index contributed by atoms with van der Waals surface area (Å²) in [5.41, 5.74) is -0.141. The van der Waals surface area contributed by atoms with Crippen molar-refractivity contribution in [3.05, 3.63) is 45.5 Å². The number of pyridine rings is 1. The minimum Gasteiger partial charge on any atom is -0.462 e. The minimum absolute atomic E-state index is 0.0809. The first kappa shape index (κ1) is 18.4. The molecule has 0 fully saturated rings. The second-order valence-electron chi connectivity index (χ2n) is 5.21. The fraction of sp³-hybridized carbons (Fsp3) is 0.353. The van der Waals surface area contributed by atoms with Gasteiger partial charge in [0.15, 0.2) is 0 Å². The summed E-state index contributed by atoms with van der Waals surface area (Å²) in [5.74, 6) is -1.25. The van der Waals surface area contributed by atoms with Gasteiger partial charge in [-0.3, -0.25) is 4.79 Å². The molecule has 1 aromatic heterocycles. The average Bonchev–Trinajstić information content (AvgIpc) is 2.58. The standard InChI is InChI=1S/C17H18FNO6/c1-4-24-16(21)12-9-19(5-6-25-17(22)23-3)14-8-13(18)10(2)7-11(14)15(12)20/h7-9H,4-6H2,1-3H3. The number of halogens is 1. The highest BCUT2D eigenvalue weighted by atomic mass is 19.1. The topological polar surface area (TPSA) is 83.8 Å². The molecule has 0 saturated heterocycles. The van der Waals surface area contributed by atoms with E-state index in [4.69, 9.17) is 9.47 Å². The van der Waals surface area contributed by atoms with Gasteiger partial charge >= 0.3 is 12.1 Å². The van der Waals surface area contributed by atoms with Gasteiger partial charge in [0.1, 0.15) is 18.0 Å². The number of hydrogen-bond donors (Lipinski definition) is 0. The van der Waals surface area contributed by atoms with Crippen molar-refractivity contribution in [2.45, 2.75) is 20.4 Å². The van der Waals surface area contributed by atoms with Crippen molar-refractivity contribution in [3.63, 3.8) is 0 Å². The fourth-order valence-corrected chi connectivity index (χ4v) is 2.35. The van der Waals surface area contributed by atoms with Crippen LogP contribution in [0.1, 0.15) is 22.8 Å². The maximum absolute atomic E-state index is 13.9. The third-order valence-electron chi connectivity index (χ3n) is 3.57. The zero-order valence-corrected chi connectivity index (χ0v) is 14.1. The number of rotatable bonds is 5. The molecule has 1 aromatic carbocycles. The van der Waals surface area contributed by atoms with Gasteiger partial charge in [0.05, 0.1) is 25.8 Å². The van der Waals surface area contributed by atoms with Gasteiger partial charge in [0.25, 0.3) is 0 Å². The molecule has 0 spiro atoms. The summed E-state index contributed by atoms with van der Waals surface area (Å²) < 4.78 is 29.5. The molecule has 0 radical (unpaired) electrons. The Morgan fingerprint density at radius 3 is 2.60 bits per heavy atom.